The third kappa shape index (κ3) is 3.59. The van der Waals surface area contributed by atoms with Gasteiger partial charge in [0.05, 0.1) is 6.54 Å². The lowest BCUT2D eigenvalue weighted by Gasteiger charge is -2.13. The standard InChI is InChI=1S/C15H18N2O2S/c1-10-5-3-4-6-12(10)17-15(19)16-9-13(18)14-11(2)7-8-20-14/h3-8,13,18H,9H2,1-2H3,(H2,16,17,19)/t13-/m1/s1. The summed E-state index contributed by atoms with van der Waals surface area (Å²) in [5.74, 6) is 0. The number of aliphatic hydroxyl groups excluding tert-OH is 1. The predicted molar refractivity (Wildman–Crippen MR) is 82.2 cm³/mol. The molecule has 0 radical (unpaired) electrons. The Morgan fingerprint density at radius 3 is 2.65 bits per heavy atom. The smallest absolute Gasteiger partial charge is 0.319 e. The average Bonchev–Trinajstić information content (AvgIpc) is 2.85. The molecule has 2 aromatic rings. The predicted octanol–water partition coefficient (Wildman–Crippen LogP) is 3.22. The molecule has 1 atom stereocenters. The van der Waals surface area contributed by atoms with Crippen molar-refractivity contribution >= 4 is 23.1 Å². The maximum absolute atomic E-state index is 11.8. The van der Waals surface area contributed by atoms with Crippen LogP contribution in [0, 0.1) is 13.8 Å². The molecule has 106 valence electrons. The Balaban J connectivity index is 1.87. The van der Waals surface area contributed by atoms with E-state index in [4.69, 9.17) is 0 Å². The van der Waals surface area contributed by atoms with E-state index in [1.54, 1.807) is 0 Å². The fourth-order valence-electron chi connectivity index (χ4n) is 1.89. The summed E-state index contributed by atoms with van der Waals surface area (Å²) in [6.07, 6.45) is -0.669. The lowest BCUT2D eigenvalue weighted by Crippen LogP contribution is -2.32. The van der Waals surface area contributed by atoms with Crippen LogP contribution in [0.2, 0.25) is 0 Å². The van der Waals surface area contributed by atoms with E-state index >= 15 is 0 Å². The number of rotatable bonds is 4. The highest BCUT2D eigenvalue weighted by Crippen LogP contribution is 2.23. The number of thiophene rings is 1. The molecule has 1 heterocycles. The Morgan fingerprint density at radius 2 is 2.00 bits per heavy atom. The van der Waals surface area contributed by atoms with Gasteiger partial charge in [0.2, 0.25) is 0 Å². The topological polar surface area (TPSA) is 61.4 Å². The van der Waals surface area contributed by atoms with Crippen LogP contribution in [0.15, 0.2) is 35.7 Å². The Bertz CT molecular complexity index is 595. The fraction of sp³-hybridized carbons (Fsp3) is 0.267. The molecular formula is C15H18N2O2S. The van der Waals surface area contributed by atoms with Crippen LogP contribution >= 0.6 is 11.3 Å². The molecule has 2 rings (SSSR count). The number of benzene rings is 1. The second-order valence-corrected chi connectivity index (χ2v) is 5.58. The lowest BCUT2D eigenvalue weighted by atomic mass is 10.2. The number of anilines is 1. The second kappa shape index (κ2) is 6.54. The molecule has 20 heavy (non-hydrogen) atoms. The van der Waals surface area contributed by atoms with Crippen molar-refractivity contribution in [3.05, 3.63) is 51.7 Å². The van der Waals surface area contributed by atoms with Gasteiger partial charge in [-0.3, -0.25) is 0 Å². The molecule has 0 aliphatic rings. The van der Waals surface area contributed by atoms with E-state index in [9.17, 15) is 9.90 Å². The van der Waals surface area contributed by atoms with E-state index in [1.165, 1.54) is 11.3 Å². The summed E-state index contributed by atoms with van der Waals surface area (Å²) >= 11 is 1.49. The molecule has 2 amide bonds. The quantitative estimate of drug-likeness (QED) is 0.809. The average molecular weight is 290 g/mol. The van der Waals surface area contributed by atoms with Gasteiger partial charge in [-0.05, 0) is 42.5 Å². The van der Waals surface area contributed by atoms with Crippen molar-refractivity contribution in [2.75, 3.05) is 11.9 Å². The van der Waals surface area contributed by atoms with Crippen LogP contribution in [0.1, 0.15) is 22.1 Å². The van der Waals surface area contributed by atoms with Crippen molar-refractivity contribution in [1.29, 1.82) is 0 Å². The molecular weight excluding hydrogens is 272 g/mol. The number of aliphatic hydroxyl groups is 1. The van der Waals surface area contributed by atoms with E-state index in [1.807, 2.05) is 49.6 Å². The van der Waals surface area contributed by atoms with Crippen LogP contribution in [-0.4, -0.2) is 17.7 Å². The zero-order chi connectivity index (χ0) is 14.5. The Hall–Kier alpha value is -1.85. The normalized spacial score (nSPS) is 11.9. The van der Waals surface area contributed by atoms with Crippen molar-refractivity contribution in [3.63, 3.8) is 0 Å². The maximum atomic E-state index is 11.8. The molecule has 0 aliphatic heterocycles. The van der Waals surface area contributed by atoms with Gasteiger partial charge in [0.25, 0.3) is 0 Å². The molecule has 0 saturated heterocycles. The first-order valence-corrected chi connectivity index (χ1v) is 7.28. The third-order valence-corrected chi connectivity index (χ3v) is 4.17. The summed E-state index contributed by atoms with van der Waals surface area (Å²) in [7, 11) is 0. The highest BCUT2D eigenvalue weighted by molar-refractivity contribution is 7.10. The Labute approximate surface area is 122 Å². The molecule has 0 fully saturated rings. The minimum Gasteiger partial charge on any atom is -0.386 e. The summed E-state index contributed by atoms with van der Waals surface area (Å²) in [5, 5.41) is 17.4. The van der Waals surface area contributed by atoms with Crippen LogP contribution < -0.4 is 10.6 Å². The van der Waals surface area contributed by atoms with Crippen molar-refractivity contribution in [1.82, 2.24) is 5.32 Å². The van der Waals surface area contributed by atoms with Gasteiger partial charge in [-0.2, -0.15) is 0 Å². The number of carbonyl (C=O) groups excluding carboxylic acids is 1. The SMILES string of the molecule is Cc1ccccc1NC(=O)NC[C@@H](O)c1sccc1C. The molecule has 3 N–H and O–H groups in total. The fourth-order valence-corrected chi connectivity index (χ4v) is 2.80. The van der Waals surface area contributed by atoms with Crippen molar-refractivity contribution in [2.24, 2.45) is 0 Å². The summed E-state index contributed by atoms with van der Waals surface area (Å²) < 4.78 is 0. The number of carbonyl (C=O) groups is 1. The van der Waals surface area contributed by atoms with Gasteiger partial charge >= 0.3 is 6.03 Å². The minimum absolute atomic E-state index is 0.194. The van der Waals surface area contributed by atoms with Crippen LogP contribution in [0.25, 0.3) is 0 Å². The first kappa shape index (κ1) is 14.6. The van der Waals surface area contributed by atoms with Crippen LogP contribution in [0.4, 0.5) is 10.5 Å². The molecule has 1 aromatic carbocycles. The van der Waals surface area contributed by atoms with E-state index in [2.05, 4.69) is 10.6 Å². The van der Waals surface area contributed by atoms with E-state index in [0.29, 0.717) is 0 Å². The van der Waals surface area contributed by atoms with E-state index in [-0.39, 0.29) is 12.6 Å². The zero-order valence-corrected chi connectivity index (χ0v) is 12.3. The first-order valence-electron chi connectivity index (χ1n) is 6.40. The van der Waals surface area contributed by atoms with Crippen molar-refractivity contribution < 1.29 is 9.90 Å². The van der Waals surface area contributed by atoms with Crippen molar-refractivity contribution in [3.8, 4) is 0 Å². The second-order valence-electron chi connectivity index (χ2n) is 4.63. The number of amides is 2. The highest BCUT2D eigenvalue weighted by atomic mass is 32.1. The molecule has 5 heteroatoms. The summed E-state index contributed by atoms with van der Waals surface area (Å²) in [6.45, 7) is 4.07. The van der Waals surface area contributed by atoms with Gasteiger partial charge in [0.1, 0.15) is 6.10 Å². The van der Waals surface area contributed by atoms with Crippen LogP contribution in [0.5, 0.6) is 0 Å². The molecule has 0 saturated carbocycles. The summed E-state index contributed by atoms with van der Waals surface area (Å²) in [5.41, 5.74) is 2.81. The first-order chi connectivity index (χ1) is 9.58. The molecule has 0 bridgehead atoms. The van der Waals surface area contributed by atoms with Gasteiger partial charge in [0, 0.05) is 10.6 Å². The number of aryl methyl sites for hydroxylation is 2. The minimum atomic E-state index is -0.669. The Morgan fingerprint density at radius 1 is 1.25 bits per heavy atom. The van der Waals surface area contributed by atoms with Gasteiger partial charge in [0.15, 0.2) is 0 Å². The molecule has 0 aliphatic carbocycles. The summed E-state index contributed by atoms with van der Waals surface area (Å²) in [4.78, 5) is 12.7. The Kier molecular flexibility index (Phi) is 4.76. The van der Waals surface area contributed by atoms with Gasteiger partial charge in [-0.1, -0.05) is 18.2 Å². The number of hydrogen-bond acceptors (Lipinski definition) is 3. The number of urea groups is 1. The van der Waals surface area contributed by atoms with Crippen molar-refractivity contribution in [2.45, 2.75) is 20.0 Å². The zero-order valence-electron chi connectivity index (χ0n) is 11.5. The lowest BCUT2D eigenvalue weighted by molar-refractivity contribution is 0.178. The van der Waals surface area contributed by atoms with Gasteiger partial charge in [-0.15, -0.1) is 11.3 Å². The number of nitrogens with one attached hydrogen (secondary N) is 2. The van der Waals surface area contributed by atoms with Crippen LogP contribution in [0.3, 0.4) is 0 Å². The highest BCUT2D eigenvalue weighted by Gasteiger charge is 2.13. The van der Waals surface area contributed by atoms with E-state index < -0.39 is 6.10 Å². The molecule has 1 aromatic heterocycles. The number of hydrogen-bond donors (Lipinski definition) is 3. The third-order valence-electron chi connectivity index (χ3n) is 3.05. The van der Waals surface area contributed by atoms with Gasteiger partial charge < -0.3 is 15.7 Å². The molecule has 0 unspecified atom stereocenters. The molecule has 4 nitrogen and oxygen atoms in total. The van der Waals surface area contributed by atoms with E-state index in [0.717, 1.165) is 21.7 Å². The number of para-hydroxylation sites is 1. The monoisotopic (exact) mass is 290 g/mol. The largest absolute Gasteiger partial charge is 0.386 e. The van der Waals surface area contributed by atoms with Crippen LogP contribution in [-0.2, 0) is 0 Å². The maximum Gasteiger partial charge on any atom is 0.319 e. The summed E-state index contributed by atoms with van der Waals surface area (Å²) in [6, 6.07) is 9.20. The molecule has 0 spiro atoms. The van der Waals surface area contributed by atoms with Gasteiger partial charge in [-0.25, -0.2) is 4.79 Å².